The van der Waals surface area contributed by atoms with Gasteiger partial charge in [-0.05, 0) is 85.8 Å². The molecule has 0 atom stereocenters. The molecule has 47 heavy (non-hydrogen) atoms. The highest BCUT2D eigenvalue weighted by Crippen LogP contribution is 2.60. The van der Waals surface area contributed by atoms with Crippen molar-refractivity contribution in [1.29, 1.82) is 0 Å². The number of furan rings is 1. The van der Waals surface area contributed by atoms with Crippen LogP contribution >= 0.6 is 0 Å². The van der Waals surface area contributed by atoms with Gasteiger partial charge < -0.3 is 4.42 Å². The van der Waals surface area contributed by atoms with Crippen LogP contribution in [0.2, 0.25) is 19.6 Å². The zero-order valence-corrected chi connectivity index (χ0v) is 27.6. The summed E-state index contributed by atoms with van der Waals surface area (Å²) in [4.78, 5) is 0. The van der Waals surface area contributed by atoms with Crippen molar-refractivity contribution in [2.75, 3.05) is 0 Å². The SMILES string of the molecule is [2H]C([2H])([2H])c1c[n+](C)c(-c2c(C)c(-c3ccc([Si](C)(C)C)cc3)cc3c2oc2cc(F)ccc23)cc1C1([2H])CCC(C(F)(F)F)(C(F)(F)F)CC1. The van der Waals surface area contributed by atoms with Crippen LogP contribution in [0.25, 0.3) is 44.3 Å². The summed E-state index contributed by atoms with van der Waals surface area (Å²) in [6.45, 7) is 5.67. The first kappa shape index (κ1) is 28.4. The molecule has 6 rings (SSSR count). The van der Waals surface area contributed by atoms with Gasteiger partial charge in [0.2, 0.25) is 5.69 Å². The number of hydrogen-bond acceptors (Lipinski definition) is 1. The van der Waals surface area contributed by atoms with Gasteiger partial charge in [-0.15, -0.1) is 0 Å². The van der Waals surface area contributed by atoms with Gasteiger partial charge in [0.1, 0.15) is 24.0 Å². The monoisotopic (exact) mass is 676 g/mol. The van der Waals surface area contributed by atoms with Crippen LogP contribution in [0.5, 0.6) is 0 Å². The number of halogens is 7. The summed E-state index contributed by atoms with van der Waals surface area (Å²) in [5.41, 5.74) is -0.817. The first-order chi connectivity index (χ1) is 23.4. The van der Waals surface area contributed by atoms with Crippen LogP contribution in [0, 0.1) is 25.0 Å². The number of alkyl halides is 6. The smallest absolute Gasteiger partial charge is 0.403 e. The van der Waals surface area contributed by atoms with E-state index in [1.807, 2.05) is 25.1 Å². The van der Waals surface area contributed by atoms with E-state index in [1.54, 1.807) is 13.1 Å². The van der Waals surface area contributed by atoms with E-state index in [4.69, 9.17) is 8.53 Å². The molecule has 0 N–H and O–H groups in total. The topological polar surface area (TPSA) is 17.0 Å². The third-order valence-corrected chi connectivity index (χ3v) is 11.8. The van der Waals surface area contributed by atoms with Crippen molar-refractivity contribution < 1.29 is 45.2 Å². The van der Waals surface area contributed by atoms with E-state index in [0.717, 1.165) is 11.1 Å². The molecule has 1 aliphatic carbocycles. The minimum atomic E-state index is -5.61. The van der Waals surface area contributed by atoms with Gasteiger partial charge in [0.25, 0.3) is 0 Å². The fraction of sp³-hybridized carbons (Fsp3) is 0.378. The normalized spacial score (nSPS) is 18.6. The number of nitrogens with zero attached hydrogens (tertiary/aromatic N) is 1. The van der Waals surface area contributed by atoms with Crippen molar-refractivity contribution in [1.82, 2.24) is 0 Å². The molecule has 10 heteroatoms. The number of fused-ring (bicyclic) bond motifs is 3. The van der Waals surface area contributed by atoms with E-state index in [0.29, 0.717) is 33.2 Å². The number of rotatable bonds is 4. The molecule has 0 unspecified atom stereocenters. The molecule has 3 aromatic carbocycles. The van der Waals surface area contributed by atoms with Crippen molar-refractivity contribution in [3.63, 3.8) is 0 Å². The van der Waals surface area contributed by atoms with Crippen molar-refractivity contribution in [2.45, 2.75) is 77.3 Å². The van der Waals surface area contributed by atoms with Crippen LogP contribution in [0.1, 0.15) is 53.8 Å². The molecule has 0 saturated heterocycles. The Morgan fingerprint density at radius 3 is 2.13 bits per heavy atom. The van der Waals surface area contributed by atoms with Crippen molar-refractivity contribution in [2.24, 2.45) is 12.5 Å². The van der Waals surface area contributed by atoms with Crippen LogP contribution in [0.3, 0.4) is 0 Å². The maximum Gasteiger partial charge on any atom is 0.403 e. The minimum Gasteiger partial charge on any atom is -0.455 e. The van der Waals surface area contributed by atoms with Crippen LogP contribution in [-0.2, 0) is 7.05 Å². The van der Waals surface area contributed by atoms with Gasteiger partial charge >= 0.3 is 12.4 Å². The highest BCUT2D eigenvalue weighted by Gasteiger charge is 2.70. The van der Waals surface area contributed by atoms with Crippen molar-refractivity contribution in [3.05, 3.63) is 83.3 Å². The van der Waals surface area contributed by atoms with Gasteiger partial charge in [-0.25, -0.2) is 8.96 Å². The molecule has 0 amide bonds. The third kappa shape index (κ3) is 5.56. The summed E-state index contributed by atoms with van der Waals surface area (Å²) < 4.78 is 140. The molecule has 1 aliphatic rings. The molecule has 2 heterocycles. The van der Waals surface area contributed by atoms with E-state index < -0.39 is 70.1 Å². The Morgan fingerprint density at radius 1 is 0.915 bits per heavy atom. The Labute approximate surface area is 275 Å². The lowest BCUT2D eigenvalue weighted by Gasteiger charge is -2.42. The number of benzene rings is 3. The van der Waals surface area contributed by atoms with Gasteiger partial charge in [-0.2, -0.15) is 26.3 Å². The van der Waals surface area contributed by atoms with E-state index in [1.165, 1.54) is 34.1 Å². The number of aromatic nitrogens is 1. The summed E-state index contributed by atoms with van der Waals surface area (Å²) in [7, 11) is -0.0633. The second-order valence-electron chi connectivity index (χ2n) is 13.6. The lowest BCUT2D eigenvalue weighted by atomic mass is 9.67. The lowest BCUT2D eigenvalue weighted by Crippen LogP contribution is -2.51. The average molecular weight is 677 g/mol. The average Bonchev–Trinajstić information content (AvgIpc) is 3.36. The Bertz CT molecular complexity index is 2140. The Balaban J connectivity index is 1.62. The number of aryl methyl sites for hydroxylation is 2. The molecule has 0 bridgehead atoms. The molecule has 2 aromatic heterocycles. The van der Waals surface area contributed by atoms with E-state index in [9.17, 15) is 32.1 Å². The van der Waals surface area contributed by atoms with E-state index in [-0.39, 0.29) is 16.7 Å². The van der Waals surface area contributed by atoms with Gasteiger partial charge in [-0.1, -0.05) is 49.1 Å². The Hall–Kier alpha value is -3.66. The molecule has 2 nitrogen and oxygen atoms in total. The van der Waals surface area contributed by atoms with Gasteiger partial charge in [0, 0.05) is 34.0 Å². The third-order valence-electron chi connectivity index (χ3n) is 9.75. The van der Waals surface area contributed by atoms with Gasteiger partial charge in [0.15, 0.2) is 11.6 Å². The summed E-state index contributed by atoms with van der Waals surface area (Å²) in [5.74, 6) is -2.61. The molecule has 5 aromatic rings. The lowest BCUT2D eigenvalue weighted by molar-refractivity contribution is -0.660. The molecular formula is C37H37F7NOSi+. The molecule has 1 saturated carbocycles. The van der Waals surface area contributed by atoms with Gasteiger partial charge in [-0.3, -0.25) is 0 Å². The molecule has 248 valence electrons. The highest BCUT2D eigenvalue weighted by atomic mass is 28.3. The fourth-order valence-corrected chi connectivity index (χ4v) is 8.07. The maximum absolute atomic E-state index is 14.4. The zero-order valence-electron chi connectivity index (χ0n) is 30.6. The first-order valence-corrected chi connectivity index (χ1v) is 18.8. The largest absolute Gasteiger partial charge is 0.455 e. The summed E-state index contributed by atoms with van der Waals surface area (Å²) in [5, 5.41) is 2.46. The molecule has 0 aliphatic heterocycles. The minimum absolute atomic E-state index is 0.173. The second kappa shape index (κ2) is 11.2. The quantitative estimate of drug-likeness (QED) is 0.105. The maximum atomic E-state index is 14.4. The van der Waals surface area contributed by atoms with Crippen LogP contribution in [0.15, 0.2) is 65.2 Å². The molecule has 0 spiro atoms. The predicted octanol–water partition coefficient (Wildman–Crippen LogP) is 10.8. The van der Waals surface area contributed by atoms with E-state index >= 15 is 0 Å². The van der Waals surface area contributed by atoms with Gasteiger partial charge in [0.05, 0.1) is 13.6 Å². The fourth-order valence-electron chi connectivity index (χ4n) is 6.90. The first-order valence-electron chi connectivity index (χ1n) is 17.3. The highest BCUT2D eigenvalue weighted by molar-refractivity contribution is 6.88. The number of hydrogen-bond donors (Lipinski definition) is 0. The summed E-state index contributed by atoms with van der Waals surface area (Å²) in [6, 6.07) is 15.6. The van der Waals surface area contributed by atoms with Crippen molar-refractivity contribution in [3.8, 4) is 22.4 Å². The molecule has 0 radical (unpaired) electrons. The standard InChI is InChI=1S/C37H37F7NOSi/c1-21-20-45(3)31(19-28(21)24-13-15-35(16-14-24,36(39,40)41)37(42,43)44)33-22(2)29(23-7-10-26(11-8-23)47(4,5)6)18-30-27-12-9-25(38)17-32(27)46-34(30)33/h7-12,17-20,24H,13-16H2,1-6H3/q+1/i1D3,24D. The zero-order chi connectivity index (χ0) is 37.7. The van der Waals surface area contributed by atoms with Crippen LogP contribution in [0.4, 0.5) is 30.7 Å². The second-order valence-corrected chi connectivity index (χ2v) is 18.7. The summed E-state index contributed by atoms with van der Waals surface area (Å²) in [6.07, 6.45) is -14.5. The number of pyridine rings is 1. The Kier molecular flexibility index (Phi) is 6.76. The van der Waals surface area contributed by atoms with E-state index in [2.05, 4.69) is 31.8 Å². The predicted molar refractivity (Wildman–Crippen MR) is 174 cm³/mol. The molecular weight excluding hydrogens is 635 g/mol. The van der Waals surface area contributed by atoms with Crippen LogP contribution in [-0.4, -0.2) is 20.4 Å². The summed E-state index contributed by atoms with van der Waals surface area (Å²) >= 11 is 0. The van der Waals surface area contributed by atoms with Crippen LogP contribution < -0.4 is 9.75 Å². The Morgan fingerprint density at radius 2 is 1.55 bits per heavy atom. The van der Waals surface area contributed by atoms with Crippen molar-refractivity contribution >= 4 is 35.2 Å². The molecule has 1 fully saturated rings.